The molecule has 5 heteroatoms. The average Bonchev–Trinajstić information content (AvgIpc) is 2.34. The third-order valence-electron chi connectivity index (χ3n) is 2.17. The number of benzene rings is 1. The van der Waals surface area contributed by atoms with E-state index in [1.165, 1.54) is 13.2 Å². The van der Waals surface area contributed by atoms with E-state index in [-0.39, 0.29) is 12.5 Å². The summed E-state index contributed by atoms with van der Waals surface area (Å²) in [7, 11) is 1.53. The minimum absolute atomic E-state index is 0.180. The van der Waals surface area contributed by atoms with Gasteiger partial charge in [0.25, 0.3) is 5.91 Å². The van der Waals surface area contributed by atoms with Gasteiger partial charge in [-0.15, -0.1) is 6.58 Å². The molecule has 0 unspecified atom stereocenters. The molecule has 17 heavy (non-hydrogen) atoms. The maximum atomic E-state index is 11.8. The van der Waals surface area contributed by atoms with E-state index in [9.17, 15) is 4.79 Å². The lowest BCUT2D eigenvalue weighted by Gasteiger charge is -2.12. The first kappa shape index (κ1) is 13.7. The summed E-state index contributed by atoms with van der Waals surface area (Å²) >= 11 is 3.29. The third-order valence-corrected chi connectivity index (χ3v) is 2.62. The molecule has 0 saturated heterocycles. The second kappa shape index (κ2) is 6.42. The van der Waals surface area contributed by atoms with Gasteiger partial charge < -0.3 is 15.2 Å². The van der Waals surface area contributed by atoms with E-state index >= 15 is 0 Å². The zero-order valence-electron chi connectivity index (χ0n) is 9.44. The van der Waals surface area contributed by atoms with Crippen LogP contribution in [0.1, 0.15) is 10.4 Å². The summed E-state index contributed by atoms with van der Waals surface area (Å²) in [5.74, 6) is 0.298. The fraction of sp³-hybridized carbons (Fsp3) is 0.250. The number of methoxy groups -OCH3 is 1. The Labute approximate surface area is 108 Å². The summed E-state index contributed by atoms with van der Waals surface area (Å²) in [5.41, 5.74) is 0.455. The number of carbonyl (C=O) groups is 1. The summed E-state index contributed by atoms with van der Waals surface area (Å²) in [5, 5.41) is 11.6. The second-order valence-corrected chi connectivity index (χ2v) is 4.29. The summed E-state index contributed by atoms with van der Waals surface area (Å²) in [4.78, 5) is 11.8. The van der Waals surface area contributed by atoms with Crippen molar-refractivity contribution in [3.05, 3.63) is 40.9 Å². The molecule has 0 aliphatic heterocycles. The summed E-state index contributed by atoms with van der Waals surface area (Å²) in [6.45, 7) is 3.34. The van der Waals surface area contributed by atoms with Crippen LogP contribution in [0.25, 0.3) is 0 Å². The van der Waals surface area contributed by atoms with Crippen molar-refractivity contribution >= 4 is 21.8 Å². The highest BCUT2D eigenvalue weighted by Gasteiger charge is 2.11. The fourth-order valence-corrected chi connectivity index (χ4v) is 1.71. The number of rotatable bonds is 5. The Morgan fingerprint density at radius 1 is 1.65 bits per heavy atom. The van der Waals surface area contributed by atoms with Crippen molar-refractivity contribution in [3.63, 3.8) is 0 Å². The minimum atomic E-state index is -0.451. The predicted octanol–water partition coefficient (Wildman–Crippen LogP) is 1.73. The molecule has 0 radical (unpaired) electrons. The molecule has 0 aromatic heterocycles. The Morgan fingerprint density at radius 3 is 2.88 bits per heavy atom. The van der Waals surface area contributed by atoms with Gasteiger partial charge in [0.1, 0.15) is 5.75 Å². The first-order chi connectivity index (χ1) is 8.10. The Hall–Kier alpha value is -1.33. The van der Waals surface area contributed by atoms with Gasteiger partial charge in [0.05, 0.1) is 19.8 Å². The van der Waals surface area contributed by atoms with E-state index in [4.69, 9.17) is 9.84 Å². The molecule has 0 spiro atoms. The fourth-order valence-electron chi connectivity index (χ4n) is 1.24. The van der Waals surface area contributed by atoms with Crippen LogP contribution in [-0.4, -0.2) is 30.8 Å². The first-order valence-electron chi connectivity index (χ1n) is 4.99. The highest BCUT2D eigenvalue weighted by molar-refractivity contribution is 9.10. The van der Waals surface area contributed by atoms with Crippen LogP contribution in [0.2, 0.25) is 0 Å². The van der Waals surface area contributed by atoms with E-state index in [0.717, 1.165) is 4.47 Å². The van der Waals surface area contributed by atoms with E-state index in [2.05, 4.69) is 27.8 Å². The van der Waals surface area contributed by atoms with E-state index < -0.39 is 6.04 Å². The molecule has 1 rings (SSSR count). The van der Waals surface area contributed by atoms with Crippen molar-refractivity contribution in [2.75, 3.05) is 13.7 Å². The number of hydrogen-bond acceptors (Lipinski definition) is 3. The van der Waals surface area contributed by atoms with Crippen molar-refractivity contribution < 1.29 is 14.6 Å². The quantitative estimate of drug-likeness (QED) is 0.814. The first-order valence-corrected chi connectivity index (χ1v) is 5.79. The summed E-state index contributed by atoms with van der Waals surface area (Å²) in [6, 6.07) is 4.60. The maximum absolute atomic E-state index is 11.8. The molecule has 2 N–H and O–H groups in total. The molecule has 1 aromatic carbocycles. The molecule has 1 atom stereocenters. The van der Waals surface area contributed by atoms with Crippen molar-refractivity contribution in [2.45, 2.75) is 6.04 Å². The van der Waals surface area contributed by atoms with Gasteiger partial charge >= 0.3 is 0 Å². The number of aliphatic hydroxyl groups is 1. The second-order valence-electron chi connectivity index (χ2n) is 3.38. The van der Waals surface area contributed by atoms with Crippen molar-refractivity contribution in [2.24, 2.45) is 0 Å². The van der Waals surface area contributed by atoms with Gasteiger partial charge in [-0.25, -0.2) is 0 Å². The lowest BCUT2D eigenvalue weighted by molar-refractivity contribution is 0.0929. The highest BCUT2D eigenvalue weighted by atomic mass is 79.9. The SMILES string of the molecule is C=C[C@H](CO)NC(=O)c1cc(Br)cc(OC)c1. The van der Waals surface area contributed by atoms with Crippen molar-refractivity contribution in [3.8, 4) is 5.75 Å². The van der Waals surface area contributed by atoms with Crippen LogP contribution in [0.15, 0.2) is 35.3 Å². The van der Waals surface area contributed by atoms with Crippen LogP contribution in [0.4, 0.5) is 0 Å². The van der Waals surface area contributed by atoms with Gasteiger partial charge in [0.15, 0.2) is 0 Å². The highest BCUT2D eigenvalue weighted by Crippen LogP contribution is 2.21. The summed E-state index contributed by atoms with van der Waals surface area (Å²) < 4.78 is 5.82. The van der Waals surface area contributed by atoms with Crippen LogP contribution >= 0.6 is 15.9 Å². The van der Waals surface area contributed by atoms with Crippen molar-refractivity contribution in [1.29, 1.82) is 0 Å². The molecule has 92 valence electrons. The monoisotopic (exact) mass is 299 g/mol. The van der Waals surface area contributed by atoms with Gasteiger partial charge in [-0.1, -0.05) is 22.0 Å². The van der Waals surface area contributed by atoms with Crippen LogP contribution in [0.5, 0.6) is 5.75 Å². The third kappa shape index (κ3) is 3.87. The van der Waals surface area contributed by atoms with E-state index in [0.29, 0.717) is 11.3 Å². The molecule has 4 nitrogen and oxygen atoms in total. The largest absolute Gasteiger partial charge is 0.497 e. The van der Waals surface area contributed by atoms with Gasteiger partial charge in [-0.3, -0.25) is 4.79 Å². The maximum Gasteiger partial charge on any atom is 0.251 e. The van der Waals surface area contributed by atoms with Crippen LogP contribution in [0, 0.1) is 0 Å². The molecular weight excluding hydrogens is 286 g/mol. The lowest BCUT2D eigenvalue weighted by Crippen LogP contribution is -2.35. The zero-order chi connectivity index (χ0) is 12.8. The van der Waals surface area contributed by atoms with E-state index in [1.54, 1.807) is 18.2 Å². The average molecular weight is 300 g/mol. The normalized spacial score (nSPS) is 11.7. The van der Waals surface area contributed by atoms with Crippen LogP contribution in [-0.2, 0) is 0 Å². The Kier molecular flexibility index (Phi) is 5.18. The molecule has 0 saturated carbocycles. The summed E-state index contributed by atoms with van der Waals surface area (Å²) in [6.07, 6.45) is 1.48. The molecular formula is C12H14BrNO3. The van der Waals surface area contributed by atoms with Gasteiger partial charge in [-0.05, 0) is 18.2 Å². The number of halogens is 1. The topological polar surface area (TPSA) is 58.6 Å². The molecule has 0 bridgehead atoms. The zero-order valence-corrected chi connectivity index (χ0v) is 11.0. The van der Waals surface area contributed by atoms with Crippen LogP contribution in [0.3, 0.4) is 0 Å². The number of ether oxygens (including phenoxy) is 1. The number of carbonyl (C=O) groups excluding carboxylic acids is 1. The van der Waals surface area contributed by atoms with Gasteiger partial charge in [-0.2, -0.15) is 0 Å². The van der Waals surface area contributed by atoms with Gasteiger partial charge in [0, 0.05) is 10.0 Å². The predicted molar refractivity (Wildman–Crippen MR) is 69.2 cm³/mol. The van der Waals surface area contributed by atoms with Crippen LogP contribution < -0.4 is 10.1 Å². The number of hydrogen-bond donors (Lipinski definition) is 2. The molecule has 0 heterocycles. The molecule has 1 amide bonds. The Bertz CT molecular complexity index is 420. The molecule has 1 aromatic rings. The number of amides is 1. The van der Waals surface area contributed by atoms with Crippen molar-refractivity contribution in [1.82, 2.24) is 5.32 Å². The molecule has 0 aliphatic rings. The van der Waals surface area contributed by atoms with Gasteiger partial charge in [0.2, 0.25) is 0 Å². The minimum Gasteiger partial charge on any atom is -0.497 e. The number of nitrogens with one attached hydrogen (secondary N) is 1. The Balaban J connectivity index is 2.88. The smallest absolute Gasteiger partial charge is 0.251 e. The molecule has 0 aliphatic carbocycles. The lowest BCUT2D eigenvalue weighted by atomic mass is 10.2. The standard InChI is InChI=1S/C12H14BrNO3/c1-3-10(7-15)14-12(16)8-4-9(13)6-11(5-8)17-2/h3-6,10,15H,1,7H2,2H3,(H,14,16)/t10-/m1/s1. The Morgan fingerprint density at radius 2 is 2.35 bits per heavy atom. The van der Waals surface area contributed by atoms with E-state index in [1.807, 2.05) is 0 Å². The number of aliphatic hydroxyl groups excluding tert-OH is 1. The molecule has 0 fully saturated rings.